The zero-order valence-corrected chi connectivity index (χ0v) is 13.7. The quantitative estimate of drug-likeness (QED) is 0.758. The Morgan fingerprint density at radius 3 is 2.65 bits per heavy atom. The minimum absolute atomic E-state index is 0.539. The van der Waals surface area contributed by atoms with Gasteiger partial charge in [-0.05, 0) is 35.7 Å². The molecule has 0 unspecified atom stereocenters. The molecule has 0 fully saturated rings. The average Bonchev–Trinajstić information content (AvgIpc) is 2.96. The smallest absolute Gasteiger partial charge is 0.179 e. The normalized spacial score (nSPS) is 11.3. The number of rotatable bonds is 6. The lowest BCUT2D eigenvalue weighted by Crippen LogP contribution is -2.02. The van der Waals surface area contributed by atoms with Gasteiger partial charge in [0.15, 0.2) is 11.4 Å². The zero-order valence-electron chi connectivity index (χ0n) is 13.7. The molecule has 0 atom stereocenters. The first-order valence-corrected chi connectivity index (χ1v) is 8.05. The lowest BCUT2D eigenvalue weighted by Gasteiger charge is -2.09. The molecular weight excluding hydrogens is 286 g/mol. The van der Waals surface area contributed by atoms with Crippen molar-refractivity contribution < 1.29 is 4.74 Å². The highest BCUT2D eigenvalue weighted by atomic mass is 16.5. The van der Waals surface area contributed by atoms with E-state index in [1.165, 1.54) is 5.56 Å². The van der Waals surface area contributed by atoms with E-state index in [-0.39, 0.29) is 0 Å². The van der Waals surface area contributed by atoms with Crippen LogP contribution in [0.2, 0.25) is 0 Å². The maximum atomic E-state index is 5.98. The number of aromatic nitrogens is 2. The molecule has 23 heavy (non-hydrogen) atoms. The topological polar surface area (TPSA) is 52.5 Å². The van der Waals surface area contributed by atoms with Gasteiger partial charge in [0.2, 0.25) is 0 Å². The molecule has 2 N–H and O–H groups in total. The third-order valence-corrected chi connectivity index (χ3v) is 3.94. The van der Waals surface area contributed by atoms with Crippen LogP contribution in [0.4, 0.5) is 0 Å². The Morgan fingerprint density at radius 2 is 1.96 bits per heavy atom. The number of imidazole rings is 1. The van der Waals surface area contributed by atoms with Gasteiger partial charge in [0.25, 0.3) is 0 Å². The van der Waals surface area contributed by atoms with Crippen LogP contribution < -0.4 is 10.5 Å². The number of pyridine rings is 1. The van der Waals surface area contributed by atoms with Crippen molar-refractivity contribution in [2.75, 3.05) is 6.54 Å². The Balaban J connectivity index is 1.76. The van der Waals surface area contributed by atoms with Gasteiger partial charge in [-0.3, -0.25) is 0 Å². The van der Waals surface area contributed by atoms with Gasteiger partial charge in [-0.15, -0.1) is 0 Å². The number of ether oxygens (including phenoxy) is 1. The van der Waals surface area contributed by atoms with Crippen LogP contribution in [0.5, 0.6) is 5.75 Å². The summed E-state index contributed by atoms with van der Waals surface area (Å²) in [7, 11) is 0. The molecule has 1 aromatic carbocycles. The summed E-state index contributed by atoms with van der Waals surface area (Å²) in [5.74, 6) is 1.34. The van der Waals surface area contributed by atoms with Gasteiger partial charge in [-0.25, -0.2) is 4.98 Å². The maximum Gasteiger partial charge on any atom is 0.179 e. The van der Waals surface area contributed by atoms with E-state index in [4.69, 9.17) is 10.5 Å². The standard InChI is InChI=1S/C19H23N3O/c1-14(2)16-7-5-15(6-8-16)13-23-18-4-3-11-22-12-17(9-10-20)21-19(18)22/h3-8,11-12,14H,9-10,13,20H2,1-2H3. The number of nitrogens with two attached hydrogens (primary N) is 1. The fraction of sp³-hybridized carbons (Fsp3) is 0.316. The van der Waals surface area contributed by atoms with Crippen molar-refractivity contribution >= 4 is 5.65 Å². The molecule has 3 rings (SSSR count). The van der Waals surface area contributed by atoms with E-state index in [9.17, 15) is 0 Å². The minimum atomic E-state index is 0.539. The van der Waals surface area contributed by atoms with Gasteiger partial charge >= 0.3 is 0 Å². The van der Waals surface area contributed by atoms with Crippen molar-refractivity contribution in [3.63, 3.8) is 0 Å². The Labute approximate surface area is 136 Å². The summed E-state index contributed by atoms with van der Waals surface area (Å²) >= 11 is 0. The monoisotopic (exact) mass is 309 g/mol. The van der Waals surface area contributed by atoms with Crippen LogP contribution >= 0.6 is 0 Å². The van der Waals surface area contributed by atoms with Crippen molar-refractivity contribution in [3.05, 3.63) is 65.6 Å². The molecule has 0 radical (unpaired) electrons. The summed E-state index contributed by atoms with van der Waals surface area (Å²) in [4.78, 5) is 4.61. The third-order valence-electron chi connectivity index (χ3n) is 3.94. The van der Waals surface area contributed by atoms with E-state index in [0.29, 0.717) is 19.1 Å². The van der Waals surface area contributed by atoms with Crippen LogP contribution in [0.3, 0.4) is 0 Å². The predicted octanol–water partition coefficient (Wildman–Crippen LogP) is 3.54. The third kappa shape index (κ3) is 3.54. The first-order chi connectivity index (χ1) is 11.2. The molecule has 2 heterocycles. The second kappa shape index (κ2) is 6.84. The van der Waals surface area contributed by atoms with E-state index in [1.54, 1.807) is 0 Å². The number of benzene rings is 1. The van der Waals surface area contributed by atoms with Gasteiger partial charge in [-0.2, -0.15) is 0 Å². The van der Waals surface area contributed by atoms with E-state index in [2.05, 4.69) is 43.1 Å². The van der Waals surface area contributed by atoms with Crippen LogP contribution in [0.1, 0.15) is 36.6 Å². The molecule has 3 aromatic rings. The molecule has 4 nitrogen and oxygen atoms in total. The Hall–Kier alpha value is -2.33. The summed E-state index contributed by atoms with van der Waals surface area (Å²) < 4.78 is 7.97. The Kier molecular flexibility index (Phi) is 4.63. The summed E-state index contributed by atoms with van der Waals surface area (Å²) in [5, 5.41) is 0. The molecule has 0 aliphatic carbocycles. The lowest BCUT2D eigenvalue weighted by molar-refractivity contribution is 0.308. The molecule has 0 saturated heterocycles. The fourth-order valence-electron chi connectivity index (χ4n) is 2.58. The molecule has 0 amide bonds. The van der Waals surface area contributed by atoms with E-state index >= 15 is 0 Å². The second-order valence-electron chi connectivity index (χ2n) is 6.06. The Bertz CT molecular complexity index is 775. The first kappa shape index (κ1) is 15.6. The van der Waals surface area contributed by atoms with Crippen molar-refractivity contribution in [3.8, 4) is 5.75 Å². The van der Waals surface area contributed by atoms with E-state index in [0.717, 1.165) is 29.1 Å². The molecule has 0 bridgehead atoms. The van der Waals surface area contributed by atoms with Crippen LogP contribution in [-0.2, 0) is 13.0 Å². The lowest BCUT2D eigenvalue weighted by atomic mass is 10.0. The highest BCUT2D eigenvalue weighted by Gasteiger charge is 2.07. The second-order valence-corrected chi connectivity index (χ2v) is 6.06. The number of nitrogens with zero attached hydrogens (tertiary/aromatic N) is 2. The fourth-order valence-corrected chi connectivity index (χ4v) is 2.58. The van der Waals surface area contributed by atoms with Crippen LogP contribution in [-0.4, -0.2) is 15.9 Å². The first-order valence-electron chi connectivity index (χ1n) is 8.05. The molecule has 0 aliphatic rings. The maximum absolute atomic E-state index is 5.98. The van der Waals surface area contributed by atoms with Crippen molar-refractivity contribution in [2.45, 2.75) is 32.8 Å². The van der Waals surface area contributed by atoms with Gasteiger partial charge in [-0.1, -0.05) is 38.1 Å². The van der Waals surface area contributed by atoms with Crippen molar-refractivity contribution in [2.24, 2.45) is 5.73 Å². The van der Waals surface area contributed by atoms with Crippen molar-refractivity contribution in [1.29, 1.82) is 0 Å². The molecule has 0 saturated carbocycles. The minimum Gasteiger partial charge on any atom is -0.485 e. The van der Waals surface area contributed by atoms with Gasteiger partial charge in [0.05, 0.1) is 5.69 Å². The van der Waals surface area contributed by atoms with Crippen LogP contribution in [0, 0.1) is 0 Å². The Morgan fingerprint density at radius 1 is 1.17 bits per heavy atom. The molecule has 120 valence electrons. The highest BCUT2D eigenvalue weighted by molar-refractivity contribution is 5.54. The number of hydrogen-bond donors (Lipinski definition) is 1. The van der Waals surface area contributed by atoms with Gasteiger partial charge in [0.1, 0.15) is 6.61 Å². The van der Waals surface area contributed by atoms with Crippen molar-refractivity contribution in [1.82, 2.24) is 9.38 Å². The predicted molar refractivity (Wildman–Crippen MR) is 92.8 cm³/mol. The summed E-state index contributed by atoms with van der Waals surface area (Å²) in [6, 6.07) is 12.5. The molecule has 4 heteroatoms. The summed E-state index contributed by atoms with van der Waals surface area (Å²) in [5.41, 5.74) is 9.94. The average molecular weight is 309 g/mol. The summed E-state index contributed by atoms with van der Waals surface area (Å²) in [6.45, 7) is 5.53. The largest absolute Gasteiger partial charge is 0.485 e. The molecule has 0 aliphatic heterocycles. The van der Waals surface area contributed by atoms with Crippen LogP contribution in [0.15, 0.2) is 48.8 Å². The summed E-state index contributed by atoms with van der Waals surface area (Å²) in [6.07, 6.45) is 4.76. The highest BCUT2D eigenvalue weighted by Crippen LogP contribution is 2.21. The van der Waals surface area contributed by atoms with Crippen LogP contribution in [0.25, 0.3) is 5.65 Å². The SMILES string of the molecule is CC(C)c1ccc(COc2cccn3cc(CCN)nc23)cc1. The van der Waals surface area contributed by atoms with Gasteiger partial charge < -0.3 is 14.9 Å². The molecular formula is C19H23N3O. The molecule has 0 spiro atoms. The molecule has 2 aromatic heterocycles. The van der Waals surface area contributed by atoms with E-state index in [1.807, 2.05) is 28.9 Å². The van der Waals surface area contributed by atoms with E-state index < -0.39 is 0 Å². The number of fused-ring (bicyclic) bond motifs is 1. The van der Waals surface area contributed by atoms with Gasteiger partial charge in [0, 0.05) is 18.8 Å². The number of hydrogen-bond acceptors (Lipinski definition) is 3. The zero-order chi connectivity index (χ0) is 16.2.